The molecule has 0 bridgehead atoms. The maximum Gasteiger partial charge on any atom is 0.224 e. The van der Waals surface area contributed by atoms with Crippen LogP contribution >= 0.6 is 0 Å². The number of hydrogen-bond donors (Lipinski definition) is 2. The maximum absolute atomic E-state index is 14.8. The van der Waals surface area contributed by atoms with E-state index in [1.165, 1.54) is 26.2 Å². The number of nitrogens with one attached hydrogen (secondary N) is 2. The summed E-state index contributed by atoms with van der Waals surface area (Å²) in [7, 11) is 1.56. The molecular weight excluding hydrogens is 430 g/mol. The second kappa shape index (κ2) is 11.0. The van der Waals surface area contributed by atoms with Crippen LogP contribution in [-0.4, -0.2) is 41.9 Å². The Balaban J connectivity index is 1.65. The van der Waals surface area contributed by atoms with Crippen LogP contribution in [0.25, 0.3) is 10.9 Å². The largest absolute Gasteiger partial charge is 0.491 e. The molecule has 0 aliphatic rings. The van der Waals surface area contributed by atoms with Gasteiger partial charge in [0.2, 0.25) is 5.91 Å². The predicted molar refractivity (Wildman–Crippen MR) is 124 cm³/mol. The van der Waals surface area contributed by atoms with Crippen molar-refractivity contribution >= 4 is 34.0 Å². The molecule has 2 aromatic carbocycles. The minimum absolute atomic E-state index is 0.174. The molecule has 1 amide bonds. The second-order valence-electron chi connectivity index (χ2n) is 8.19. The van der Waals surface area contributed by atoms with Crippen LogP contribution in [0, 0.1) is 5.82 Å². The van der Waals surface area contributed by atoms with Crippen LogP contribution in [0.1, 0.15) is 33.1 Å². The highest BCUT2D eigenvalue weighted by Crippen LogP contribution is 2.29. The fourth-order valence-electron chi connectivity index (χ4n) is 3.20. The first-order valence-corrected chi connectivity index (χ1v) is 10.7. The summed E-state index contributed by atoms with van der Waals surface area (Å²) in [4.78, 5) is 20.4. The first kappa shape index (κ1) is 24.3. The zero-order valence-electron chi connectivity index (χ0n) is 19.0. The number of nitrogens with zero attached hydrogens (tertiary/aromatic N) is 2. The van der Waals surface area contributed by atoms with E-state index < -0.39 is 11.5 Å². The van der Waals surface area contributed by atoms with Gasteiger partial charge in [-0.05, 0) is 51.0 Å². The number of benzene rings is 2. The van der Waals surface area contributed by atoms with Gasteiger partial charge >= 0.3 is 0 Å². The van der Waals surface area contributed by atoms with Crippen molar-refractivity contribution in [2.45, 2.75) is 38.8 Å². The Labute approximate surface area is 191 Å². The molecule has 0 spiro atoms. The average molecular weight is 459 g/mol. The van der Waals surface area contributed by atoms with Crippen LogP contribution in [0.15, 0.2) is 42.7 Å². The van der Waals surface area contributed by atoms with Gasteiger partial charge in [-0.1, -0.05) is 0 Å². The lowest BCUT2D eigenvalue weighted by Crippen LogP contribution is -2.15. The Bertz CT molecular complexity index is 1090. The highest BCUT2D eigenvalue weighted by molar-refractivity contribution is 5.93. The number of anilines is 3. The van der Waals surface area contributed by atoms with E-state index in [-0.39, 0.29) is 17.7 Å². The van der Waals surface area contributed by atoms with Crippen molar-refractivity contribution in [1.29, 1.82) is 0 Å². The van der Waals surface area contributed by atoms with Gasteiger partial charge in [-0.15, -0.1) is 0 Å². The molecule has 0 fully saturated rings. The summed E-state index contributed by atoms with van der Waals surface area (Å²) in [5, 5.41) is 6.11. The SMILES string of the molecule is COCCOc1cc(F)c2c(Nc3ccc(NC(=O)CCCC(C)(C)F)cc3)ncnc2c1. The fraction of sp³-hybridized carbons (Fsp3) is 0.375. The van der Waals surface area contributed by atoms with Gasteiger partial charge in [0.1, 0.15) is 36.0 Å². The zero-order chi connectivity index (χ0) is 23.8. The standard InChI is InChI=1S/C24H28F2N4O3/c1-24(2,26)10-4-5-21(31)29-16-6-8-17(9-7-16)30-23-22-19(25)13-18(33-12-11-32-3)14-20(22)27-15-28-23/h6-9,13-15H,4-5,10-12H2,1-3H3,(H,29,31)(H,27,28,30). The number of rotatable bonds is 11. The number of methoxy groups -OCH3 is 1. The first-order chi connectivity index (χ1) is 15.7. The summed E-state index contributed by atoms with van der Waals surface area (Å²) in [6.07, 6.45) is 2.39. The third-order valence-electron chi connectivity index (χ3n) is 4.83. The van der Waals surface area contributed by atoms with Crippen LogP contribution in [-0.2, 0) is 9.53 Å². The molecule has 33 heavy (non-hydrogen) atoms. The molecule has 0 saturated carbocycles. The van der Waals surface area contributed by atoms with E-state index in [0.717, 1.165) is 0 Å². The Hall–Kier alpha value is -3.33. The highest BCUT2D eigenvalue weighted by atomic mass is 19.1. The molecule has 1 aromatic heterocycles. The van der Waals surface area contributed by atoms with Gasteiger partial charge in [-0.2, -0.15) is 0 Å². The molecule has 0 aliphatic heterocycles. The van der Waals surface area contributed by atoms with Gasteiger partial charge in [0.25, 0.3) is 0 Å². The van der Waals surface area contributed by atoms with E-state index in [0.29, 0.717) is 54.5 Å². The van der Waals surface area contributed by atoms with Crippen molar-refractivity contribution in [2.75, 3.05) is 31.0 Å². The smallest absolute Gasteiger partial charge is 0.224 e. The van der Waals surface area contributed by atoms with E-state index in [2.05, 4.69) is 20.6 Å². The monoisotopic (exact) mass is 458 g/mol. The Morgan fingerprint density at radius 3 is 2.52 bits per heavy atom. The lowest BCUT2D eigenvalue weighted by Gasteiger charge is -2.13. The minimum Gasteiger partial charge on any atom is -0.491 e. The molecule has 9 heteroatoms. The number of aromatic nitrogens is 2. The number of alkyl halides is 1. The van der Waals surface area contributed by atoms with Crippen molar-refractivity contribution in [3.63, 3.8) is 0 Å². The number of hydrogen-bond acceptors (Lipinski definition) is 6. The lowest BCUT2D eigenvalue weighted by atomic mass is 10.0. The van der Waals surface area contributed by atoms with Crippen molar-refractivity contribution < 1.29 is 23.0 Å². The summed E-state index contributed by atoms with van der Waals surface area (Å²) >= 11 is 0. The average Bonchev–Trinajstić information content (AvgIpc) is 2.74. The van der Waals surface area contributed by atoms with Gasteiger partial charge in [-0.25, -0.2) is 18.7 Å². The second-order valence-corrected chi connectivity index (χ2v) is 8.19. The zero-order valence-corrected chi connectivity index (χ0v) is 19.0. The molecule has 7 nitrogen and oxygen atoms in total. The Morgan fingerprint density at radius 1 is 1.09 bits per heavy atom. The van der Waals surface area contributed by atoms with Crippen molar-refractivity contribution in [3.05, 3.63) is 48.5 Å². The number of ether oxygens (including phenoxy) is 2. The number of carbonyl (C=O) groups is 1. The van der Waals surface area contributed by atoms with Gasteiger partial charge in [0.05, 0.1) is 17.5 Å². The van der Waals surface area contributed by atoms with E-state index in [1.807, 2.05) is 0 Å². The van der Waals surface area contributed by atoms with E-state index >= 15 is 0 Å². The molecular formula is C24H28F2N4O3. The highest BCUT2D eigenvalue weighted by Gasteiger charge is 2.16. The molecule has 2 N–H and O–H groups in total. The van der Waals surface area contributed by atoms with Crippen LogP contribution < -0.4 is 15.4 Å². The quantitative estimate of drug-likeness (QED) is 0.375. The Morgan fingerprint density at radius 2 is 1.82 bits per heavy atom. The van der Waals surface area contributed by atoms with Crippen LogP contribution in [0.5, 0.6) is 5.75 Å². The molecule has 3 aromatic rings. The molecule has 176 valence electrons. The van der Waals surface area contributed by atoms with Gasteiger partial charge in [0, 0.05) is 37.0 Å². The summed E-state index contributed by atoms with van der Waals surface area (Å²) in [5.41, 5.74) is 0.394. The lowest BCUT2D eigenvalue weighted by molar-refractivity contribution is -0.116. The molecule has 0 aliphatic carbocycles. The van der Waals surface area contributed by atoms with Crippen molar-refractivity contribution in [1.82, 2.24) is 9.97 Å². The van der Waals surface area contributed by atoms with Crippen LogP contribution in [0.3, 0.4) is 0 Å². The Kier molecular flexibility index (Phi) is 8.11. The van der Waals surface area contributed by atoms with Gasteiger partial charge in [0.15, 0.2) is 0 Å². The number of amides is 1. The molecule has 0 unspecified atom stereocenters. The summed E-state index contributed by atoms with van der Waals surface area (Å²) in [5.74, 6) is -0.0147. The predicted octanol–water partition coefficient (Wildman–Crippen LogP) is 5.39. The third-order valence-corrected chi connectivity index (χ3v) is 4.83. The minimum atomic E-state index is -1.28. The van der Waals surface area contributed by atoms with Gasteiger partial charge in [-0.3, -0.25) is 4.79 Å². The number of carbonyl (C=O) groups excluding carboxylic acids is 1. The topological polar surface area (TPSA) is 85.4 Å². The van der Waals surface area contributed by atoms with E-state index in [9.17, 15) is 13.6 Å². The molecule has 0 radical (unpaired) electrons. The van der Waals surface area contributed by atoms with E-state index in [4.69, 9.17) is 9.47 Å². The summed E-state index contributed by atoms with van der Waals surface area (Å²) < 4.78 is 38.7. The fourth-order valence-corrected chi connectivity index (χ4v) is 3.20. The maximum atomic E-state index is 14.8. The van der Waals surface area contributed by atoms with Crippen LogP contribution in [0.4, 0.5) is 26.0 Å². The van der Waals surface area contributed by atoms with E-state index in [1.54, 1.807) is 37.4 Å². The summed E-state index contributed by atoms with van der Waals surface area (Å²) in [6, 6.07) is 9.86. The summed E-state index contributed by atoms with van der Waals surface area (Å²) in [6.45, 7) is 3.69. The van der Waals surface area contributed by atoms with Crippen molar-refractivity contribution in [2.24, 2.45) is 0 Å². The van der Waals surface area contributed by atoms with Crippen molar-refractivity contribution in [3.8, 4) is 5.75 Å². The first-order valence-electron chi connectivity index (χ1n) is 10.7. The third kappa shape index (κ3) is 7.35. The normalized spacial score (nSPS) is 11.4. The van der Waals surface area contributed by atoms with Crippen LogP contribution in [0.2, 0.25) is 0 Å². The number of halogens is 2. The number of fused-ring (bicyclic) bond motifs is 1. The van der Waals surface area contributed by atoms with Gasteiger partial charge < -0.3 is 20.1 Å². The molecule has 3 rings (SSSR count). The molecule has 0 saturated heterocycles. The molecule has 1 heterocycles. The molecule has 0 atom stereocenters.